The summed E-state index contributed by atoms with van der Waals surface area (Å²) in [4.78, 5) is 11.8. The standard InChI is InChI=1S/C12H8ClFO2S/c1-6-11(9(5-17-6)12(15)16)8-4-7(13)2-3-10(8)14/h2-5H,1H3,(H,15,16). The third-order valence-corrected chi connectivity index (χ3v) is 3.55. The van der Waals surface area contributed by atoms with Gasteiger partial charge in [0.15, 0.2) is 0 Å². The summed E-state index contributed by atoms with van der Waals surface area (Å²) >= 11 is 7.09. The first kappa shape index (κ1) is 12.1. The highest BCUT2D eigenvalue weighted by molar-refractivity contribution is 7.10. The number of hydrogen-bond acceptors (Lipinski definition) is 2. The van der Waals surface area contributed by atoms with Gasteiger partial charge in [0.1, 0.15) is 5.82 Å². The van der Waals surface area contributed by atoms with E-state index in [0.717, 1.165) is 4.88 Å². The molecule has 0 unspecified atom stereocenters. The predicted molar refractivity (Wildman–Crippen MR) is 66.4 cm³/mol. The molecule has 0 radical (unpaired) electrons. The van der Waals surface area contributed by atoms with Crippen molar-refractivity contribution in [2.24, 2.45) is 0 Å². The topological polar surface area (TPSA) is 37.3 Å². The molecule has 2 nitrogen and oxygen atoms in total. The van der Waals surface area contributed by atoms with Gasteiger partial charge >= 0.3 is 5.97 Å². The maximum absolute atomic E-state index is 13.7. The number of aryl methyl sites for hydroxylation is 1. The number of hydrogen-bond donors (Lipinski definition) is 1. The van der Waals surface area contributed by atoms with Crippen molar-refractivity contribution in [2.45, 2.75) is 6.92 Å². The van der Waals surface area contributed by atoms with Crippen LogP contribution in [0.1, 0.15) is 15.2 Å². The van der Waals surface area contributed by atoms with Crippen molar-refractivity contribution in [1.82, 2.24) is 0 Å². The fourth-order valence-electron chi connectivity index (χ4n) is 1.64. The van der Waals surface area contributed by atoms with Crippen molar-refractivity contribution >= 4 is 28.9 Å². The van der Waals surface area contributed by atoms with Gasteiger partial charge in [-0.15, -0.1) is 11.3 Å². The van der Waals surface area contributed by atoms with Crippen LogP contribution in [-0.2, 0) is 0 Å². The Morgan fingerprint density at radius 1 is 1.47 bits per heavy atom. The number of carboxylic acid groups (broad SMARTS) is 1. The van der Waals surface area contributed by atoms with Crippen LogP contribution in [0.4, 0.5) is 4.39 Å². The summed E-state index contributed by atoms with van der Waals surface area (Å²) in [5.74, 6) is -1.54. The summed E-state index contributed by atoms with van der Waals surface area (Å²) in [7, 11) is 0. The minimum Gasteiger partial charge on any atom is -0.478 e. The molecule has 0 spiro atoms. The number of carbonyl (C=O) groups is 1. The Morgan fingerprint density at radius 2 is 2.18 bits per heavy atom. The van der Waals surface area contributed by atoms with Crippen LogP contribution >= 0.6 is 22.9 Å². The second-order valence-corrected chi connectivity index (χ2v) is 5.03. The summed E-state index contributed by atoms with van der Waals surface area (Å²) in [6.07, 6.45) is 0. The molecule has 2 rings (SSSR count). The highest BCUT2D eigenvalue weighted by Gasteiger charge is 2.19. The SMILES string of the molecule is Cc1scc(C(=O)O)c1-c1cc(Cl)ccc1F. The van der Waals surface area contributed by atoms with E-state index in [4.69, 9.17) is 16.7 Å². The second kappa shape index (κ2) is 4.47. The maximum Gasteiger partial charge on any atom is 0.337 e. The van der Waals surface area contributed by atoms with Crippen molar-refractivity contribution in [2.75, 3.05) is 0 Å². The first-order valence-corrected chi connectivity index (χ1v) is 6.03. The maximum atomic E-state index is 13.7. The lowest BCUT2D eigenvalue weighted by Gasteiger charge is -2.05. The van der Waals surface area contributed by atoms with E-state index in [1.165, 1.54) is 34.9 Å². The average Bonchev–Trinajstić information content (AvgIpc) is 2.64. The van der Waals surface area contributed by atoms with Gasteiger partial charge in [-0.1, -0.05) is 11.6 Å². The first-order chi connectivity index (χ1) is 8.00. The molecule has 17 heavy (non-hydrogen) atoms. The molecule has 0 aliphatic heterocycles. The Hall–Kier alpha value is -1.39. The Morgan fingerprint density at radius 3 is 2.82 bits per heavy atom. The molecule has 0 aliphatic rings. The lowest BCUT2D eigenvalue weighted by Crippen LogP contribution is -1.98. The molecule has 88 valence electrons. The van der Waals surface area contributed by atoms with Crippen LogP contribution in [0.5, 0.6) is 0 Å². The first-order valence-electron chi connectivity index (χ1n) is 4.77. The Labute approximate surface area is 106 Å². The van der Waals surface area contributed by atoms with Gasteiger partial charge in [-0.25, -0.2) is 9.18 Å². The summed E-state index contributed by atoms with van der Waals surface area (Å²) < 4.78 is 13.7. The Balaban J connectivity index is 2.71. The number of carboxylic acids is 1. The third-order valence-electron chi connectivity index (χ3n) is 2.40. The zero-order valence-corrected chi connectivity index (χ0v) is 10.4. The van der Waals surface area contributed by atoms with Crippen LogP contribution in [0, 0.1) is 12.7 Å². The number of thiophene rings is 1. The fourth-order valence-corrected chi connectivity index (χ4v) is 2.66. The molecule has 0 saturated heterocycles. The van der Waals surface area contributed by atoms with E-state index in [-0.39, 0.29) is 11.1 Å². The van der Waals surface area contributed by atoms with Crippen LogP contribution in [0.15, 0.2) is 23.6 Å². The van der Waals surface area contributed by atoms with Crippen LogP contribution in [0.25, 0.3) is 11.1 Å². The van der Waals surface area contributed by atoms with E-state index in [1.54, 1.807) is 6.92 Å². The lowest BCUT2D eigenvalue weighted by atomic mass is 10.0. The zero-order chi connectivity index (χ0) is 12.6. The molecule has 0 aliphatic carbocycles. The van der Waals surface area contributed by atoms with Gasteiger partial charge in [0, 0.05) is 26.4 Å². The summed E-state index contributed by atoms with van der Waals surface area (Å²) in [6.45, 7) is 1.76. The highest BCUT2D eigenvalue weighted by Crippen LogP contribution is 2.35. The van der Waals surface area contributed by atoms with E-state index >= 15 is 0 Å². The van der Waals surface area contributed by atoms with E-state index in [0.29, 0.717) is 10.6 Å². The summed E-state index contributed by atoms with van der Waals surface area (Å²) in [5, 5.41) is 10.9. The minimum absolute atomic E-state index is 0.105. The van der Waals surface area contributed by atoms with Crippen LogP contribution in [-0.4, -0.2) is 11.1 Å². The molecule has 0 atom stereocenters. The quantitative estimate of drug-likeness (QED) is 0.887. The third kappa shape index (κ3) is 2.18. The van der Waals surface area contributed by atoms with E-state index < -0.39 is 11.8 Å². The van der Waals surface area contributed by atoms with Crippen molar-refractivity contribution in [3.05, 3.63) is 44.9 Å². The van der Waals surface area contributed by atoms with Gasteiger partial charge < -0.3 is 5.11 Å². The van der Waals surface area contributed by atoms with Crippen molar-refractivity contribution < 1.29 is 14.3 Å². The summed E-state index contributed by atoms with van der Waals surface area (Å²) in [5.41, 5.74) is 0.741. The van der Waals surface area contributed by atoms with Gasteiger partial charge in [-0.05, 0) is 25.1 Å². The Bertz CT molecular complexity index is 592. The number of aromatic carboxylic acids is 1. The van der Waals surface area contributed by atoms with Crippen LogP contribution < -0.4 is 0 Å². The number of halogens is 2. The monoisotopic (exact) mass is 270 g/mol. The van der Waals surface area contributed by atoms with Crippen LogP contribution in [0.3, 0.4) is 0 Å². The smallest absolute Gasteiger partial charge is 0.337 e. The lowest BCUT2D eigenvalue weighted by molar-refractivity contribution is 0.0698. The van der Waals surface area contributed by atoms with E-state index in [1.807, 2.05) is 0 Å². The largest absolute Gasteiger partial charge is 0.478 e. The van der Waals surface area contributed by atoms with Crippen LogP contribution in [0.2, 0.25) is 5.02 Å². The molecule has 1 aromatic carbocycles. The molecular weight excluding hydrogens is 263 g/mol. The van der Waals surface area contributed by atoms with Gasteiger partial charge in [0.2, 0.25) is 0 Å². The number of rotatable bonds is 2. The van der Waals surface area contributed by atoms with Gasteiger partial charge in [0.25, 0.3) is 0 Å². The molecule has 0 saturated carbocycles. The summed E-state index contributed by atoms with van der Waals surface area (Å²) in [6, 6.07) is 4.11. The van der Waals surface area contributed by atoms with Gasteiger partial charge in [-0.3, -0.25) is 0 Å². The molecule has 0 fully saturated rings. The van der Waals surface area contributed by atoms with E-state index in [9.17, 15) is 9.18 Å². The predicted octanol–water partition coefficient (Wildman–Crippen LogP) is 4.21. The fraction of sp³-hybridized carbons (Fsp3) is 0.0833. The van der Waals surface area contributed by atoms with Crippen molar-refractivity contribution in [3.8, 4) is 11.1 Å². The molecule has 1 aromatic heterocycles. The molecule has 1 heterocycles. The van der Waals surface area contributed by atoms with Crippen molar-refractivity contribution in [1.29, 1.82) is 0 Å². The van der Waals surface area contributed by atoms with Gasteiger partial charge in [0.05, 0.1) is 5.56 Å². The normalized spacial score (nSPS) is 10.5. The molecule has 0 bridgehead atoms. The number of benzene rings is 1. The van der Waals surface area contributed by atoms with Crippen molar-refractivity contribution in [3.63, 3.8) is 0 Å². The average molecular weight is 271 g/mol. The Kier molecular flexibility index (Phi) is 3.17. The van der Waals surface area contributed by atoms with Gasteiger partial charge in [-0.2, -0.15) is 0 Å². The zero-order valence-electron chi connectivity index (χ0n) is 8.83. The van der Waals surface area contributed by atoms with E-state index in [2.05, 4.69) is 0 Å². The highest BCUT2D eigenvalue weighted by atomic mass is 35.5. The molecule has 5 heteroatoms. The molecule has 0 amide bonds. The second-order valence-electron chi connectivity index (χ2n) is 3.51. The molecule has 1 N–H and O–H groups in total. The molecular formula is C12H8ClFO2S. The molecule has 2 aromatic rings. The minimum atomic E-state index is -1.07.